The van der Waals surface area contributed by atoms with Crippen LogP contribution in [0, 0.1) is 34.0 Å². The zero-order valence-corrected chi connectivity index (χ0v) is 30.3. The van der Waals surface area contributed by atoms with Crippen LogP contribution in [0.3, 0.4) is 0 Å². The number of nitrogens with two attached hydrogens (primary N) is 1. The average Bonchev–Trinajstić information content (AvgIpc) is 3.52. The van der Waals surface area contributed by atoms with E-state index in [9.17, 15) is 29.4 Å². The Morgan fingerprint density at radius 3 is 2.37 bits per heavy atom. The van der Waals surface area contributed by atoms with Crippen molar-refractivity contribution in [1.29, 1.82) is 0 Å². The third kappa shape index (κ3) is 5.57. The van der Waals surface area contributed by atoms with Crippen molar-refractivity contribution in [3.8, 4) is 0 Å². The molecule has 270 valence electrons. The SMILES string of the molecule is CC[C@@H]1[C@H](C)CC(O)[C@@]2(C)C(=O)C(OC(=O)C3CC3)C3=C(C)[C@@H](OC(=O)CCc4cccs4)CC4(O)CC12[C@@]34C.NC(=O)OC1CCCC1. The minimum Gasteiger partial charge on any atom is -0.458 e. The van der Waals surface area contributed by atoms with Gasteiger partial charge in [0.1, 0.15) is 12.2 Å². The van der Waals surface area contributed by atoms with E-state index in [2.05, 4.69) is 13.8 Å². The van der Waals surface area contributed by atoms with Crippen LogP contribution >= 0.6 is 11.3 Å². The normalized spacial score (nSPS) is 39.5. The Bertz CT molecular complexity index is 1500. The molecule has 5 saturated carbocycles. The van der Waals surface area contributed by atoms with Crippen LogP contribution in [-0.2, 0) is 35.0 Å². The second kappa shape index (κ2) is 13.1. The maximum Gasteiger partial charge on any atom is 0.404 e. The number of hydrogen-bond acceptors (Lipinski definition) is 10. The van der Waals surface area contributed by atoms with Crippen LogP contribution in [0.2, 0.25) is 0 Å². The number of Topliss-reactive ketones (excluding diaryl/α,β-unsaturated/α-hetero) is 1. The van der Waals surface area contributed by atoms with Crippen molar-refractivity contribution in [2.75, 3.05) is 0 Å². The molecule has 1 amide bonds. The number of primary amides is 1. The summed E-state index contributed by atoms with van der Waals surface area (Å²) in [4.78, 5) is 51.9. The molecule has 7 rings (SSSR count). The van der Waals surface area contributed by atoms with Gasteiger partial charge in [0, 0.05) is 22.1 Å². The molecule has 0 aliphatic heterocycles. The lowest BCUT2D eigenvalue weighted by molar-refractivity contribution is -0.353. The van der Waals surface area contributed by atoms with Crippen LogP contribution in [0.5, 0.6) is 0 Å². The maximum atomic E-state index is 14.6. The highest BCUT2D eigenvalue weighted by Crippen LogP contribution is 2.84. The largest absolute Gasteiger partial charge is 0.458 e. The minimum absolute atomic E-state index is 0.0860. The van der Waals surface area contributed by atoms with Crippen molar-refractivity contribution in [2.24, 2.45) is 39.7 Å². The second-order valence-corrected chi connectivity index (χ2v) is 16.9. The molecule has 0 aromatic carbocycles. The van der Waals surface area contributed by atoms with Gasteiger partial charge in [-0.05, 0) is 106 Å². The van der Waals surface area contributed by atoms with Crippen molar-refractivity contribution in [3.63, 3.8) is 0 Å². The minimum atomic E-state index is -1.27. The van der Waals surface area contributed by atoms with E-state index < -0.39 is 52.2 Å². The summed E-state index contributed by atoms with van der Waals surface area (Å²) < 4.78 is 16.8. The van der Waals surface area contributed by atoms with Gasteiger partial charge in [0.25, 0.3) is 0 Å². The molecule has 6 aliphatic carbocycles. The monoisotopic (exact) mass is 699 g/mol. The van der Waals surface area contributed by atoms with Gasteiger partial charge in [0.15, 0.2) is 11.9 Å². The standard InChI is InChI=1S/C32H42O7S.C6H11NO2/c1-6-21-17(2)14-23(33)29(4)27(35)26(39-28(36)19-9-10-19)25-18(3)22(15-31(37)16-32(21,29)30(25,31)5)38-24(34)12-11-20-8-7-13-40-20;7-6(8)9-5-3-1-2-4-5/h7-8,13,17,19,21-23,26,33,37H,6,9-12,14-16H2,1-5H3;5H,1-4H2,(H2,7,8)/t17-,21-,22+,23?,26?,29+,30+,31?,32?;/m1./s1. The van der Waals surface area contributed by atoms with Crippen LogP contribution in [0.25, 0.3) is 0 Å². The number of carbonyl (C=O) groups is 4. The molecule has 0 saturated heterocycles. The molecular formula is C38H53NO9S. The number of aryl methyl sites for hydroxylation is 1. The number of hydrogen-bond donors (Lipinski definition) is 3. The maximum absolute atomic E-state index is 14.6. The first-order valence-corrected chi connectivity index (χ1v) is 19.1. The van der Waals surface area contributed by atoms with E-state index in [0.717, 1.165) is 49.8 Å². The molecule has 0 radical (unpaired) electrons. The lowest BCUT2D eigenvalue weighted by atomic mass is 9.22. The van der Waals surface area contributed by atoms with Crippen LogP contribution in [-0.4, -0.2) is 64.0 Å². The summed E-state index contributed by atoms with van der Waals surface area (Å²) in [7, 11) is 0. The zero-order chi connectivity index (χ0) is 35.5. The Morgan fingerprint density at radius 2 is 1.78 bits per heavy atom. The van der Waals surface area contributed by atoms with E-state index in [1.807, 2.05) is 38.3 Å². The Kier molecular flexibility index (Phi) is 9.63. The van der Waals surface area contributed by atoms with Crippen LogP contribution < -0.4 is 5.73 Å². The molecule has 1 spiro atoms. The van der Waals surface area contributed by atoms with Gasteiger partial charge in [-0.15, -0.1) is 11.3 Å². The van der Waals surface area contributed by atoms with E-state index in [1.165, 1.54) is 0 Å². The molecule has 49 heavy (non-hydrogen) atoms. The summed E-state index contributed by atoms with van der Waals surface area (Å²) in [6.45, 7) is 9.98. The molecule has 5 fully saturated rings. The number of thiophene rings is 1. The lowest BCUT2D eigenvalue weighted by Gasteiger charge is -2.82. The highest BCUT2D eigenvalue weighted by Gasteiger charge is 2.87. The van der Waals surface area contributed by atoms with Crippen LogP contribution in [0.1, 0.15) is 110 Å². The Balaban J connectivity index is 0.000000403. The van der Waals surface area contributed by atoms with Crippen molar-refractivity contribution < 1.29 is 43.6 Å². The smallest absolute Gasteiger partial charge is 0.404 e. The first-order chi connectivity index (χ1) is 23.1. The average molecular weight is 700 g/mol. The molecule has 4 N–H and O–H groups in total. The topological polar surface area (TPSA) is 162 Å². The van der Waals surface area contributed by atoms with Gasteiger partial charge in [0.2, 0.25) is 0 Å². The fourth-order valence-electron chi connectivity index (χ4n) is 10.9. The molecule has 10 nitrogen and oxygen atoms in total. The highest BCUT2D eigenvalue weighted by atomic mass is 32.1. The van der Waals surface area contributed by atoms with E-state index in [0.29, 0.717) is 30.4 Å². The van der Waals surface area contributed by atoms with Gasteiger partial charge in [-0.1, -0.05) is 33.3 Å². The molecule has 1 aromatic rings. The third-order valence-corrected chi connectivity index (χ3v) is 14.4. The number of ketones is 1. The Morgan fingerprint density at radius 1 is 1.08 bits per heavy atom. The molecule has 4 unspecified atom stereocenters. The van der Waals surface area contributed by atoms with E-state index >= 15 is 0 Å². The molecular weight excluding hydrogens is 646 g/mol. The fraction of sp³-hybridized carbons (Fsp3) is 0.737. The van der Waals surface area contributed by atoms with Gasteiger partial charge in [-0.3, -0.25) is 14.4 Å². The van der Waals surface area contributed by atoms with Crippen LogP contribution in [0.15, 0.2) is 28.7 Å². The quantitative estimate of drug-likeness (QED) is 0.173. The highest BCUT2D eigenvalue weighted by molar-refractivity contribution is 7.09. The summed E-state index contributed by atoms with van der Waals surface area (Å²) in [5, 5.41) is 26.0. The number of esters is 2. The van der Waals surface area contributed by atoms with Crippen molar-refractivity contribution in [1.82, 2.24) is 0 Å². The van der Waals surface area contributed by atoms with Crippen molar-refractivity contribution in [3.05, 3.63) is 33.5 Å². The first-order valence-electron chi connectivity index (χ1n) is 18.2. The molecule has 6 aliphatic rings. The molecule has 0 bridgehead atoms. The molecule has 1 heterocycles. The Hall–Kier alpha value is -2.76. The number of carbonyl (C=O) groups excluding carboxylic acids is 4. The van der Waals surface area contributed by atoms with Crippen LogP contribution in [0.4, 0.5) is 4.79 Å². The van der Waals surface area contributed by atoms with Crippen molar-refractivity contribution in [2.45, 2.75) is 142 Å². The summed E-state index contributed by atoms with van der Waals surface area (Å²) >= 11 is 1.59. The number of amides is 1. The number of aliphatic hydroxyl groups is 2. The summed E-state index contributed by atoms with van der Waals surface area (Å²) in [5.41, 5.74) is 2.04. The third-order valence-electron chi connectivity index (χ3n) is 13.5. The predicted molar refractivity (Wildman–Crippen MR) is 182 cm³/mol. The molecule has 9 atom stereocenters. The van der Waals surface area contributed by atoms with E-state index in [1.54, 1.807) is 11.3 Å². The summed E-state index contributed by atoms with van der Waals surface area (Å²) in [6.07, 6.45) is 5.08. The summed E-state index contributed by atoms with van der Waals surface area (Å²) in [5.74, 6) is -1.01. The summed E-state index contributed by atoms with van der Waals surface area (Å²) in [6, 6.07) is 3.94. The predicted octanol–water partition coefficient (Wildman–Crippen LogP) is 5.80. The van der Waals surface area contributed by atoms with Gasteiger partial charge in [0.05, 0.1) is 29.5 Å². The number of rotatable bonds is 8. The lowest BCUT2D eigenvalue weighted by Crippen LogP contribution is -2.86. The van der Waals surface area contributed by atoms with Gasteiger partial charge in [-0.2, -0.15) is 0 Å². The fourth-order valence-corrected chi connectivity index (χ4v) is 11.6. The van der Waals surface area contributed by atoms with E-state index in [-0.39, 0.29) is 48.5 Å². The van der Waals surface area contributed by atoms with Crippen molar-refractivity contribution >= 4 is 35.2 Å². The first kappa shape index (κ1) is 36.0. The van der Waals surface area contributed by atoms with E-state index in [4.69, 9.17) is 19.9 Å². The molecule has 1 aromatic heterocycles. The van der Waals surface area contributed by atoms with Gasteiger partial charge in [-0.25, -0.2) is 4.79 Å². The van der Waals surface area contributed by atoms with Gasteiger partial charge < -0.3 is 30.2 Å². The number of ether oxygens (including phenoxy) is 3. The second-order valence-electron chi connectivity index (χ2n) is 15.9. The van der Waals surface area contributed by atoms with Gasteiger partial charge >= 0.3 is 18.0 Å². The molecule has 11 heteroatoms. The number of aliphatic hydroxyl groups excluding tert-OH is 1. The Labute approximate surface area is 293 Å². The zero-order valence-electron chi connectivity index (χ0n) is 29.5.